The van der Waals surface area contributed by atoms with Crippen molar-refractivity contribution in [1.29, 1.82) is 0 Å². The fraction of sp³-hybridized carbons (Fsp3) is 0.394. The van der Waals surface area contributed by atoms with Crippen LogP contribution in [0.2, 0.25) is 0 Å². The highest BCUT2D eigenvalue weighted by Gasteiger charge is 2.33. The lowest BCUT2D eigenvalue weighted by atomic mass is 9.95. The summed E-state index contributed by atoms with van der Waals surface area (Å²) >= 11 is 0. The number of hydrogen-bond acceptors (Lipinski definition) is 4. The minimum atomic E-state index is -4.08. The predicted molar refractivity (Wildman–Crippen MR) is 163 cm³/mol. The molecule has 1 N–H and O–H groups in total. The predicted octanol–water partition coefficient (Wildman–Crippen LogP) is 5.67. The van der Waals surface area contributed by atoms with Crippen molar-refractivity contribution >= 4 is 27.5 Å². The van der Waals surface area contributed by atoms with Crippen LogP contribution in [0, 0.1) is 20.8 Å². The summed E-state index contributed by atoms with van der Waals surface area (Å²) in [4.78, 5) is 29.2. The van der Waals surface area contributed by atoms with E-state index in [0.717, 1.165) is 47.9 Å². The zero-order chi connectivity index (χ0) is 29.6. The Hall–Kier alpha value is -3.65. The van der Waals surface area contributed by atoms with Gasteiger partial charge >= 0.3 is 0 Å². The number of nitrogens with zero attached hydrogens (tertiary/aromatic N) is 2. The lowest BCUT2D eigenvalue weighted by Gasteiger charge is -2.33. The molecule has 0 bridgehead atoms. The van der Waals surface area contributed by atoms with Gasteiger partial charge in [0.2, 0.25) is 11.8 Å². The molecule has 41 heavy (non-hydrogen) atoms. The second-order valence-corrected chi connectivity index (χ2v) is 13.0. The first-order valence-electron chi connectivity index (χ1n) is 14.4. The van der Waals surface area contributed by atoms with Gasteiger partial charge in [-0.15, -0.1) is 0 Å². The summed E-state index contributed by atoms with van der Waals surface area (Å²) in [6, 6.07) is 20.7. The van der Waals surface area contributed by atoms with Gasteiger partial charge in [-0.05, 0) is 69.9 Å². The molecule has 0 radical (unpaired) electrons. The maximum Gasteiger partial charge on any atom is 0.264 e. The third kappa shape index (κ3) is 7.55. The van der Waals surface area contributed by atoms with E-state index in [9.17, 15) is 18.0 Å². The smallest absolute Gasteiger partial charge is 0.264 e. The molecule has 1 saturated carbocycles. The van der Waals surface area contributed by atoms with Crippen LogP contribution in [0.5, 0.6) is 0 Å². The first-order chi connectivity index (χ1) is 19.6. The number of hydrogen-bond donors (Lipinski definition) is 1. The van der Waals surface area contributed by atoms with E-state index in [1.165, 1.54) is 27.8 Å². The zero-order valence-corrected chi connectivity index (χ0v) is 25.3. The lowest BCUT2D eigenvalue weighted by Crippen LogP contribution is -2.53. The average molecular weight is 576 g/mol. The van der Waals surface area contributed by atoms with Gasteiger partial charge < -0.3 is 10.2 Å². The van der Waals surface area contributed by atoms with Crippen molar-refractivity contribution in [2.45, 2.75) is 83.3 Å². The van der Waals surface area contributed by atoms with Crippen LogP contribution in [-0.2, 0) is 26.2 Å². The number of aryl methyl sites for hydroxylation is 3. The molecule has 8 heteroatoms. The van der Waals surface area contributed by atoms with Crippen molar-refractivity contribution in [3.63, 3.8) is 0 Å². The van der Waals surface area contributed by atoms with Crippen LogP contribution < -0.4 is 9.62 Å². The van der Waals surface area contributed by atoms with Crippen LogP contribution in [-0.4, -0.2) is 43.8 Å². The minimum Gasteiger partial charge on any atom is -0.352 e. The van der Waals surface area contributed by atoms with E-state index in [2.05, 4.69) is 5.32 Å². The summed E-state index contributed by atoms with van der Waals surface area (Å²) < 4.78 is 29.1. The third-order valence-electron chi connectivity index (χ3n) is 7.82. The molecule has 4 rings (SSSR count). The Morgan fingerprint density at radius 1 is 0.878 bits per heavy atom. The van der Waals surface area contributed by atoms with Gasteiger partial charge in [-0.2, -0.15) is 0 Å². The van der Waals surface area contributed by atoms with Crippen molar-refractivity contribution in [2.75, 3.05) is 10.8 Å². The molecule has 0 spiro atoms. The normalized spacial score (nSPS) is 14.7. The van der Waals surface area contributed by atoms with Crippen molar-refractivity contribution in [2.24, 2.45) is 0 Å². The fourth-order valence-corrected chi connectivity index (χ4v) is 6.86. The number of amides is 2. The standard InChI is InChI=1S/C33H41N3O4S/c1-24-15-18-28(19-16-24)22-35(27(4)33(38)34-29-11-7-5-8-12-29)32(37)23-36(31-20-17-25(2)21-26(31)3)41(39,40)30-13-9-6-10-14-30/h6,9-10,13-21,27,29H,5,7-8,11-12,22-23H2,1-4H3,(H,34,38)/t27-/m0/s1. The van der Waals surface area contributed by atoms with E-state index in [1.807, 2.05) is 57.2 Å². The maximum atomic E-state index is 14.1. The monoisotopic (exact) mass is 575 g/mol. The number of carbonyl (C=O) groups excluding carboxylic acids is 2. The molecule has 1 aliphatic rings. The first kappa shape index (κ1) is 30.3. The quantitative estimate of drug-likeness (QED) is 0.337. The molecule has 1 aliphatic carbocycles. The Balaban J connectivity index is 1.69. The summed E-state index contributed by atoms with van der Waals surface area (Å²) in [5.41, 5.74) is 4.12. The summed E-state index contributed by atoms with van der Waals surface area (Å²) in [7, 11) is -4.08. The van der Waals surface area contributed by atoms with E-state index < -0.39 is 28.5 Å². The first-order valence-corrected chi connectivity index (χ1v) is 15.8. The van der Waals surface area contributed by atoms with Crippen LogP contribution in [0.15, 0.2) is 77.7 Å². The number of anilines is 1. The van der Waals surface area contributed by atoms with Crippen LogP contribution in [0.3, 0.4) is 0 Å². The molecule has 3 aromatic rings. The minimum absolute atomic E-state index is 0.0974. The molecule has 218 valence electrons. The van der Waals surface area contributed by atoms with E-state index in [0.29, 0.717) is 5.69 Å². The van der Waals surface area contributed by atoms with Gasteiger partial charge in [0.05, 0.1) is 10.6 Å². The topological polar surface area (TPSA) is 86.8 Å². The number of sulfonamides is 1. The molecule has 0 heterocycles. The van der Waals surface area contributed by atoms with Gasteiger partial charge in [0.1, 0.15) is 12.6 Å². The third-order valence-corrected chi connectivity index (χ3v) is 9.60. The molecule has 2 amide bonds. The van der Waals surface area contributed by atoms with Crippen LogP contribution >= 0.6 is 0 Å². The van der Waals surface area contributed by atoms with Crippen molar-refractivity contribution < 1.29 is 18.0 Å². The number of nitrogens with one attached hydrogen (secondary N) is 1. The second-order valence-electron chi connectivity index (χ2n) is 11.1. The van der Waals surface area contributed by atoms with Gasteiger partial charge in [-0.3, -0.25) is 13.9 Å². The van der Waals surface area contributed by atoms with Crippen LogP contribution in [0.1, 0.15) is 61.3 Å². The molecule has 7 nitrogen and oxygen atoms in total. The average Bonchev–Trinajstić information content (AvgIpc) is 2.96. The summed E-state index contributed by atoms with van der Waals surface area (Å²) in [6.45, 7) is 7.23. The van der Waals surface area contributed by atoms with E-state index in [-0.39, 0.29) is 23.4 Å². The van der Waals surface area contributed by atoms with Crippen LogP contribution in [0.4, 0.5) is 5.69 Å². The van der Waals surface area contributed by atoms with Gasteiger partial charge in [0, 0.05) is 12.6 Å². The Bertz CT molecular complexity index is 1450. The largest absolute Gasteiger partial charge is 0.352 e. The number of carbonyl (C=O) groups is 2. The van der Waals surface area contributed by atoms with E-state index in [4.69, 9.17) is 0 Å². The Morgan fingerprint density at radius 3 is 2.15 bits per heavy atom. The molecular formula is C33H41N3O4S. The number of benzene rings is 3. The molecule has 1 atom stereocenters. The van der Waals surface area contributed by atoms with E-state index >= 15 is 0 Å². The second kappa shape index (κ2) is 13.3. The van der Waals surface area contributed by atoms with Crippen molar-refractivity contribution in [3.05, 3.63) is 95.1 Å². The molecule has 3 aromatic carbocycles. The molecule has 0 aromatic heterocycles. The summed E-state index contributed by atoms with van der Waals surface area (Å²) in [5.74, 6) is -0.669. The molecular weight excluding hydrogens is 534 g/mol. The van der Waals surface area contributed by atoms with Gasteiger partial charge in [0.25, 0.3) is 10.0 Å². The highest BCUT2D eigenvalue weighted by Crippen LogP contribution is 2.28. The SMILES string of the molecule is Cc1ccc(CN(C(=O)CN(c2ccc(C)cc2C)S(=O)(=O)c2ccccc2)[C@@H](C)C(=O)NC2CCCCC2)cc1. The van der Waals surface area contributed by atoms with Gasteiger partial charge in [-0.25, -0.2) is 8.42 Å². The summed E-state index contributed by atoms with van der Waals surface area (Å²) in [6.07, 6.45) is 5.19. The van der Waals surface area contributed by atoms with Crippen molar-refractivity contribution in [3.8, 4) is 0 Å². The molecule has 0 aliphatic heterocycles. The highest BCUT2D eigenvalue weighted by atomic mass is 32.2. The van der Waals surface area contributed by atoms with Crippen molar-refractivity contribution in [1.82, 2.24) is 10.2 Å². The molecule has 0 unspecified atom stereocenters. The number of rotatable bonds is 10. The van der Waals surface area contributed by atoms with Gasteiger partial charge in [0.15, 0.2) is 0 Å². The Morgan fingerprint density at radius 2 is 1.51 bits per heavy atom. The Labute approximate surface area is 244 Å². The molecule has 1 fully saturated rings. The molecule has 0 saturated heterocycles. The highest BCUT2D eigenvalue weighted by molar-refractivity contribution is 7.92. The van der Waals surface area contributed by atoms with Crippen LogP contribution in [0.25, 0.3) is 0 Å². The van der Waals surface area contributed by atoms with E-state index in [1.54, 1.807) is 31.2 Å². The van der Waals surface area contributed by atoms with Gasteiger partial charge in [-0.1, -0.05) is 85.0 Å². The maximum absolute atomic E-state index is 14.1. The Kier molecular flexibility index (Phi) is 9.86. The fourth-order valence-electron chi connectivity index (χ4n) is 5.36. The zero-order valence-electron chi connectivity index (χ0n) is 24.5. The lowest BCUT2D eigenvalue weighted by molar-refractivity contribution is -0.139. The summed E-state index contributed by atoms with van der Waals surface area (Å²) in [5, 5.41) is 3.14.